The number of carbonyl (C=O) groups is 1. The van der Waals surface area contributed by atoms with Crippen molar-refractivity contribution in [1.82, 2.24) is 14.8 Å². The van der Waals surface area contributed by atoms with Gasteiger partial charge in [0.25, 0.3) is 5.91 Å². The molecule has 26 heavy (non-hydrogen) atoms. The van der Waals surface area contributed by atoms with Crippen molar-refractivity contribution in [2.45, 2.75) is 25.4 Å². The Labute approximate surface area is 154 Å². The molecule has 0 aliphatic carbocycles. The molecule has 1 amide bonds. The van der Waals surface area contributed by atoms with Crippen LogP contribution in [0.15, 0.2) is 48.8 Å². The molecule has 2 aliphatic heterocycles. The van der Waals surface area contributed by atoms with Crippen LogP contribution in [0.3, 0.4) is 0 Å². The number of carbonyl (C=O) groups excluding carboxylic acids is 1. The number of likely N-dealkylation sites (tertiary alicyclic amines) is 2. The number of aromatic nitrogens is 1. The van der Waals surface area contributed by atoms with E-state index in [0.717, 1.165) is 37.5 Å². The minimum atomic E-state index is 0.130. The van der Waals surface area contributed by atoms with Gasteiger partial charge in [-0.2, -0.15) is 0 Å². The number of hydrogen-bond acceptors (Lipinski definition) is 4. The molecule has 0 bridgehead atoms. The van der Waals surface area contributed by atoms with Gasteiger partial charge in [-0.3, -0.25) is 14.7 Å². The van der Waals surface area contributed by atoms with Gasteiger partial charge in [-0.1, -0.05) is 0 Å². The number of amides is 1. The zero-order valence-corrected chi connectivity index (χ0v) is 15.2. The summed E-state index contributed by atoms with van der Waals surface area (Å²) >= 11 is 0. The SMILES string of the molecule is COc1ccc(C(=O)N2C[C@H]3CCCN(Cc4ccncc4)[C@H]3C2)cc1. The molecule has 1 aromatic carbocycles. The van der Waals surface area contributed by atoms with Gasteiger partial charge in [0.05, 0.1) is 7.11 Å². The second kappa shape index (κ2) is 7.46. The van der Waals surface area contributed by atoms with Crippen molar-refractivity contribution in [2.75, 3.05) is 26.7 Å². The Morgan fingerprint density at radius 2 is 1.92 bits per heavy atom. The summed E-state index contributed by atoms with van der Waals surface area (Å²) in [6.07, 6.45) is 6.12. The molecule has 2 atom stereocenters. The molecule has 5 heteroatoms. The number of piperidine rings is 1. The number of ether oxygens (including phenoxy) is 1. The molecule has 1 aromatic heterocycles. The molecular formula is C21H25N3O2. The predicted molar refractivity (Wildman–Crippen MR) is 100 cm³/mol. The van der Waals surface area contributed by atoms with Crippen LogP contribution < -0.4 is 4.74 Å². The lowest BCUT2D eigenvalue weighted by molar-refractivity contribution is 0.0774. The predicted octanol–water partition coefficient (Wildman–Crippen LogP) is 2.83. The number of nitrogens with zero attached hydrogens (tertiary/aromatic N) is 3. The Bertz CT molecular complexity index is 748. The average molecular weight is 351 g/mol. The largest absolute Gasteiger partial charge is 0.497 e. The smallest absolute Gasteiger partial charge is 0.253 e. The van der Waals surface area contributed by atoms with Crippen molar-refractivity contribution in [2.24, 2.45) is 5.92 Å². The number of rotatable bonds is 4. The topological polar surface area (TPSA) is 45.7 Å². The van der Waals surface area contributed by atoms with Gasteiger partial charge in [0.2, 0.25) is 0 Å². The van der Waals surface area contributed by atoms with E-state index >= 15 is 0 Å². The number of methoxy groups -OCH3 is 1. The van der Waals surface area contributed by atoms with Gasteiger partial charge < -0.3 is 9.64 Å². The first-order chi connectivity index (χ1) is 12.7. The van der Waals surface area contributed by atoms with Gasteiger partial charge in [0, 0.05) is 43.6 Å². The standard InChI is InChI=1S/C21H25N3O2/c1-26-19-6-4-17(5-7-19)21(25)24-14-18-3-2-12-23(20(18)15-24)13-16-8-10-22-11-9-16/h4-11,18,20H,2-3,12-15H2,1H3/t18-,20+/m1/s1. The van der Waals surface area contributed by atoms with E-state index in [1.54, 1.807) is 7.11 Å². The van der Waals surface area contributed by atoms with E-state index in [4.69, 9.17) is 4.74 Å². The van der Waals surface area contributed by atoms with E-state index in [1.165, 1.54) is 18.4 Å². The normalized spacial score (nSPS) is 22.9. The third-order valence-electron chi connectivity index (χ3n) is 5.65. The first kappa shape index (κ1) is 17.0. The van der Waals surface area contributed by atoms with Gasteiger partial charge in [0.1, 0.15) is 5.75 Å². The third kappa shape index (κ3) is 3.44. The monoisotopic (exact) mass is 351 g/mol. The van der Waals surface area contributed by atoms with Crippen LogP contribution in [0, 0.1) is 5.92 Å². The quantitative estimate of drug-likeness (QED) is 0.850. The highest BCUT2D eigenvalue weighted by Gasteiger charge is 2.40. The highest BCUT2D eigenvalue weighted by atomic mass is 16.5. The van der Waals surface area contributed by atoms with Gasteiger partial charge in [-0.05, 0) is 67.3 Å². The summed E-state index contributed by atoms with van der Waals surface area (Å²) in [6.45, 7) is 3.73. The lowest BCUT2D eigenvalue weighted by Gasteiger charge is -2.36. The molecule has 2 aromatic rings. The molecule has 0 N–H and O–H groups in total. The second-order valence-corrected chi connectivity index (χ2v) is 7.23. The molecule has 2 aliphatic rings. The molecule has 0 saturated carbocycles. The Kier molecular flexibility index (Phi) is 4.89. The number of fused-ring (bicyclic) bond motifs is 1. The molecule has 4 rings (SSSR count). The van der Waals surface area contributed by atoms with Crippen molar-refractivity contribution in [1.29, 1.82) is 0 Å². The maximum absolute atomic E-state index is 12.9. The Hall–Kier alpha value is -2.40. The minimum absolute atomic E-state index is 0.130. The van der Waals surface area contributed by atoms with Crippen LogP contribution in [0.25, 0.3) is 0 Å². The Balaban J connectivity index is 1.45. The Morgan fingerprint density at radius 3 is 2.65 bits per heavy atom. The van der Waals surface area contributed by atoms with Crippen LogP contribution in [-0.2, 0) is 6.54 Å². The minimum Gasteiger partial charge on any atom is -0.497 e. The van der Waals surface area contributed by atoms with Crippen molar-refractivity contribution in [3.05, 3.63) is 59.9 Å². The zero-order valence-electron chi connectivity index (χ0n) is 15.2. The van der Waals surface area contributed by atoms with Gasteiger partial charge in [-0.25, -0.2) is 0 Å². The summed E-state index contributed by atoms with van der Waals surface area (Å²) in [7, 11) is 1.64. The second-order valence-electron chi connectivity index (χ2n) is 7.23. The maximum atomic E-state index is 12.9. The van der Waals surface area contributed by atoms with Crippen LogP contribution in [0.4, 0.5) is 0 Å². The first-order valence-corrected chi connectivity index (χ1v) is 9.31. The lowest BCUT2D eigenvalue weighted by atomic mass is 9.92. The van der Waals surface area contributed by atoms with Crippen LogP contribution in [0.1, 0.15) is 28.8 Å². The molecule has 0 radical (unpaired) electrons. The van der Waals surface area contributed by atoms with E-state index in [0.29, 0.717) is 12.0 Å². The average Bonchev–Trinajstić information content (AvgIpc) is 3.14. The lowest BCUT2D eigenvalue weighted by Crippen LogP contribution is -2.44. The van der Waals surface area contributed by atoms with E-state index in [1.807, 2.05) is 41.6 Å². The molecule has 2 saturated heterocycles. The van der Waals surface area contributed by atoms with E-state index in [2.05, 4.69) is 22.0 Å². The summed E-state index contributed by atoms with van der Waals surface area (Å²) < 4.78 is 5.19. The van der Waals surface area contributed by atoms with E-state index < -0.39 is 0 Å². The summed E-state index contributed by atoms with van der Waals surface area (Å²) in [5, 5.41) is 0. The summed E-state index contributed by atoms with van der Waals surface area (Å²) in [5.74, 6) is 1.49. The van der Waals surface area contributed by atoms with Gasteiger partial charge in [-0.15, -0.1) is 0 Å². The van der Waals surface area contributed by atoms with Crippen molar-refractivity contribution >= 4 is 5.91 Å². The fourth-order valence-electron chi connectivity index (χ4n) is 4.27. The van der Waals surface area contributed by atoms with Gasteiger partial charge in [0.15, 0.2) is 0 Å². The van der Waals surface area contributed by atoms with Crippen LogP contribution in [0.2, 0.25) is 0 Å². The van der Waals surface area contributed by atoms with Crippen LogP contribution in [-0.4, -0.2) is 53.5 Å². The molecule has 136 valence electrons. The highest BCUT2D eigenvalue weighted by Crippen LogP contribution is 2.32. The highest BCUT2D eigenvalue weighted by molar-refractivity contribution is 5.94. The fourth-order valence-corrected chi connectivity index (χ4v) is 4.27. The first-order valence-electron chi connectivity index (χ1n) is 9.31. The molecular weight excluding hydrogens is 326 g/mol. The summed E-state index contributed by atoms with van der Waals surface area (Å²) in [5.41, 5.74) is 2.03. The van der Waals surface area contributed by atoms with Crippen LogP contribution in [0.5, 0.6) is 5.75 Å². The Morgan fingerprint density at radius 1 is 1.15 bits per heavy atom. The van der Waals surface area contributed by atoms with Crippen LogP contribution >= 0.6 is 0 Å². The van der Waals surface area contributed by atoms with Gasteiger partial charge >= 0.3 is 0 Å². The van der Waals surface area contributed by atoms with E-state index in [9.17, 15) is 4.79 Å². The summed E-state index contributed by atoms with van der Waals surface area (Å²) in [4.78, 5) is 21.6. The number of hydrogen-bond donors (Lipinski definition) is 0. The molecule has 3 heterocycles. The molecule has 0 spiro atoms. The molecule has 5 nitrogen and oxygen atoms in total. The van der Waals surface area contributed by atoms with E-state index in [-0.39, 0.29) is 5.91 Å². The van der Waals surface area contributed by atoms with Crippen molar-refractivity contribution < 1.29 is 9.53 Å². The number of benzene rings is 1. The zero-order chi connectivity index (χ0) is 17.9. The molecule has 0 unspecified atom stereocenters. The molecule has 2 fully saturated rings. The third-order valence-corrected chi connectivity index (χ3v) is 5.65. The number of pyridine rings is 1. The maximum Gasteiger partial charge on any atom is 0.253 e. The summed E-state index contributed by atoms with van der Waals surface area (Å²) in [6, 6.07) is 12.0. The van der Waals surface area contributed by atoms with Crippen molar-refractivity contribution in [3.63, 3.8) is 0 Å². The fraction of sp³-hybridized carbons (Fsp3) is 0.429. The van der Waals surface area contributed by atoms with Crippen molar-refractivity contribution in [3.8, 4) is 5.75 Å².